The summed E-state index contributed by atoms with van der Waals surface area (Å²) in [7, 11) is 2.09. The SMILES string of the molecule is CN1CCN(c2ncc(F)cn2)CC1. The molecule has 0 radical (unpaired) electrons. The zero-order chi connectivity index (χ0) is 9.97. The van der Waals surface area contributed by atoms with E-state index in [1.807, 2.05) is 0 Å². The van der Waals surface area contributed by atoms with Crippen LogP contribution in [-0.2, 0) is 0 Å². The minimum absolute atomic E-state index is 0.386. The Morgan fingerprint density at radius 2 is 1.71 bits per heavy atom. The van der Waals surface area contributed by atoms with Crippen LogP contribution in [0.3, 0.4) is 0 Å². The first-order valence-corrected chi connectivity index (χ1v) is 4.67. The minimum Gasteiger partial charge on any atom is -0.338 e. The van der Waals surface area contributed by atoms with Crippen molar-refractivity contribution >= 4 is 5.95 Å². The molecule has 0 unspecified atom stereocenters. The molecule has 0 spiro atoms. The number of piperazine rings is 1. The van der Waals surface area contributed by atoms with E-state index in [0.29, 0.717) is 5.95 Å². The summed E-state index contributed by atoms with van der Waals surface area (Å²) in [6.45, 7) is 3.81. The molecule has 0 atom stereocenters. The summed E-state index contributed by atoms with van der Waals surface area (Å²) in [5.74, 6) is 0.238. The molecule has 1 aromatic rings. The molecule has 0 N–H and O–H groups in total. The fourth-order valence-corrected chi connectivity index (χ4v) is 1.48. The molecular weight excluding hydrogens is 183 g/mol. The second kappa shape index (κ2) is 3.88. The highest BCUT2D eigenvalue weighted by Crippen LogP contribution is 2.09. The van der Waals surface area contributed by atoms with Crippen LogP contribution in [0.25, 0.3) is 0 Å². The summed E-state index contributed by atoms with van der Waals surface area (Å²) in [5, 5.41) is 0. The van der Waals surface area contributed by atoms with E-state index in [9.17, 15) is 4.39 Å². The summed E-state index contributed by atoms with van der Waals surface area (Å²) in [5.41, 5.74) is 0. The van der Waals surface area contributed by atoms with Crippen LogP contribution < -0.4 is 4.90 Å². The van der Waals surface area contributed by atoms with Crippen LogP contribution in [0.4, 0.5) is 10.3 Å². The van der Waals surface area contributed by atoms with E-state index in [1.54, 1.807) is 0 Å². The van der Waals surface area contributed by atoms with E-state index in [1.165, 1.54) is 12.4 Å². The molecule has 4 nitrogen and oxygen atoms in total. The van der Waals surface area contributed by atoms with Crippen LogP contribution in [0.2, 0.25) is 0 Å². The zero-order valence-electron chi connectivity index (χ0n) is 8.15. The van der Waals surface area contributed by atoms with Crippen LogP contribution in [0.1, 0.15) is 0 Å². The van der Waals surface area contributed by atoms with Crippen molar-refractivity contribution in [3.05, 3.63) is 18.2 Å². The van der Waals surface area contributed by atoms with Gasteiger partial charge in [-0.15, -0.1) is 0 Å². The Morgan fingerprint density at radius 3 is 2.29 bits per heavy atom. The number of halogens is 1. The normalized spacial score (nSPS) is 18.6. The standard InChI is InChI=1S/C9H13FN4/c1-13-2-4-14(5-3-13)9-11-6-8(10)7-12-9/h6-7H,2-5H2,1H3. The Labute approximate surface area is 82.4 Å². The Hall–Kier alpha value is -1.23. The largest absolute Gasteiger partial charge is 0.338 e. The van der Waals surface area contributed by atoms with Gasteiger partial charge < -0.3 is 9.80 Å². The van der Waals surface area contributed by atoms with E-state index < -0.39 is 0 Å². The molecule has 2 rings (SSSR count). The van der Waals surface area contributed by atoms with Crippen LogP contribution >= 0.6 is 0 Å². The Balaban J connectivity index is 2.05. The molecular formula is C9H13FN4. The summed E-state index contributed by atoms with van der Waals surface area (Å²) in [6.07, 6.45) is 2.42. The third kappa shape index (κ3) is 1.98. The number of hydrogen-bond acceptors (Lipinski definition) is 4. The second-order valence-electron chi connectivity index (χ2n) is 3.49. The Morgan fingerprint density at radius 1 is 1.14 bits per heavy atom. The number of aromatic nitrogens is 2. The number of anilines is 1. The summed E-state index contributed by atoms with van der Waals surface area (Å²) < 4.78 is 12.6. The lowest BCUT2D eigenvalue weighted by Gasteiger charge is -2.32. The molecule has 0 aromatic carbocycles. The van der Waals surface area contributed by atoms with Crippen LogP contribution in [0.5, 0.6) is 0 Å². The lowest BCUT2D eigenvalue weighted by atomic mass is 10.3. The van der Waals surface area contributed by atoms with Crippen molar-refractivity contribution < 1.29 is 4.39 Å². The van der Waals surface area contributed by atoms with Crippen molar-refractivity contribution in [2.45, 2.75) is 0 Å². The number of rotatable bonds is 1. The van der Waals surface area contributed by atoms with Gasteiger partial charge in [0.25, 0.3) is 0 Å². The molecule has 1 saturated heterocycles. The van der Waals surface area contributed by atoms with Crippen molar-refractivity contribution in [2.75, 3.05) is 38.1 Å². The fraction of sp³-hybridized carbons (Fsp3) is 0.556. The van der Waals surface area contributed by atoms with Gasteiger partial charge in [0.2, 0.25) is 5.95 Å². The maximum atomic E-state index is 12.6. The third-order valence-electron chi connectivity index (χ3n) is 2.39. The van der Waals surface area contributed by atoms with Gasteiger partial charge in [-0.2, -0.15) is 0 Å². The molecule has 0 aliphatic carbocycles. The molecule has 0 bridgehead atoms. The van der Waals surface area contributed by atoms with Gasteiger partial charge in [-0.05, 0) is 7.05 Å². The number of nitrogens with zero attached hydrogens (tertiary/aromatic N) is 4. The summed E-state index contributed by atoms with van der Waals surface area (Å²) >= 11 is 0. The molecule has 14 heavy (non-hydrogen) atoms. The van der Waals surface area contributed by atoms with Gasteiger partial charge in [-0.3, -0.25) is 0 Å². The van der Waals surface area contributed by atoms with Crippen molar-refractivity contribution in [1.82, 2.24) is 14.9 Å². The first kappa shape index (κ1) is 9.33. The summed E-state index contributed by atoms with van der Waals surface area (Å²) in [6, 6.07) is 0. The molecule has 1 aliphatic heterocycles. The van der Waals surface area contributed by atoms with Gasteiger partial charge >= 0.3 is 0 Å². The third-order valence-corrected chi connectivity index (χ3v) is 2.39. The van der Waals surface area contributed by atoms with Crippen molar-refractivity contribution in [3.8, 4) is 0 Å². The molecule has 1 aromatic heterocycles. The minimum atomic E-state index is -0.386. The van der Waals surface area contributed by atoms with Crippen molar-refractivity contribution in [2.24, 2.45) is 0 Å². The van der Waals surface area contributed by atoms with E-state index in [2.05, 4.69) is 26.8 Å². The highest BCUT2D eigenvalue weighted by Gasteiger charge is 2.15. The maximum Gasteiger partial charge on any atom is 0.225 e. The van der Waals surface area contributed by atoms with Gasteiger partial charge in [-0.25, -0.2) is 14.4 Å². The van der Waals surface area contributed by atoms with E-state index in [4.69, 9.17) is 0 Å². The average molecular weight is 196 g/mol. The van der Waals surface area contributed by atoms with Gasteiger partial charge in [-0.1, -0.05) is 0 Å². The molecule has 1 fully saturated rings. The van der Waals surface area contributed by atoms with Crippen molar-refractivity contribution in [1.29, 1.82) is 0 Å². The molecule has 1 aliphatic rings. The van der Waals surface area contributed by atoms with Crippen molar-refractivity contribution in [3.63, 3.8) is 0 Å². The van der Waals surface area contributed by atoms with Crippen LogP contribution in [-0.4, -0.2) is 48.1 Å². The quantitative estimate of drug-likeness (QED) is 0.649. The average Bonchev–Trinajstić information content (AvgIpc) is 2.21. The lowest BCUT2D eigenvalue weighted by Crippen LogP contribution is -2.45. The topological polar surface area (TPSA) is 32.3 Å². The molecule has 5 heteroatoms. The Bertz CT molecular complexity index is 292. The maximum absolute atomic E-state index is 12.6. The Kier molecular flexibility index (Phi) is 2.58. The highest BCUT2D eigenvalue weighted by atomic mass is 19.1. The lowest BCUT2D eigenvalue weighted by molar-refractivity contribution is 0.311. The first-order chi connectivity index (χ1) is 6.75. The number of hydrogen-bond donors (Lipinski definition) is 0. The van der Waals surface area contributed by atoms with Gasteiger partial charge in [0.1, 0.15) is 0 Å². The molecule has 0 saturated carbocycles. The van der Waals surface area contributed by atoms with Crippen LogP contribution in [0, 0.1) is 5.82 Å². The predicted molar refractivity (Wildman–Crippen MR) is 51.7 cm³/mol. The monoisotopic (exact) mass is 196 g/mol. The van der Waals surface area contributed by atoms with E-state index in [-0.39, 0.29) is 5.82 Å². The highest BCUT2D eigenvalue weighted by molar-refractivity contribution is 5.29. The van der Waals surface area contributed by atoms with Gasteiger partial charge in [0.05, 0.1) is 12.4 Å². The summed E-state index contributed by atoms with van der Waals surface area (Å²) in [4.78, 5) is 12.2. The van der Waals surface area contributed by atoms with Crippen LogP contribution in [0.15, 0.2) is 12.4 Å². The number of likely N-dealkylation sites (N-methyl/N-ethyl adjacent to an activating group) is 1. The van der Waals surface area contributed by atoms with Gasteiger partial charge in [0.15, 0.2) is 5.82 Å². The molecule has 0 amide bonds. The van der Waals surface area contributed by atoms with Gasteiger partial charge in [0, 0.05) is 26.2 Å². The molecule has 2 heterocycles. The fourth-order valence-electron chi connectivity index (χ4n) is 1.48. The van der Waals surface area contributed by atoms with E-state index in [0.717, 1.165) is 26.2 Å². The second-order valence-corrected chi connectivity index (χ2v) is 3.49. The predicted octanol–water partition coefficient (Wildman–Crippen LogP) is 0.367. The molecule has 76 valence electrons. The first-order valence-electron chi connectivity index (χ1n) is 4.67. The van der Waals surface area contributed by atoms with E-state index >= 15 is 0 Å². The zero-order valence-corrected chi connectivity index (χ0v) is 8.15. The smallest absolute Gasteiger partial charge is 0.225 e.